The number of nitrogens with zero attached hydrogens (tertiary/aromatic N) is 1. The Labute approximate surface area is 305 Å². The van der Waals surface area contributed by atoms with Gasteiger partial charge in [0.15, 0.2) is 0 Å². The topological polar surface area (TPSA) is 3.24 Å². The molecule has 0 saturated heterocycles. The number of benzene rings is 6. The quantitative estimate of drug-likeness (QED) is 0.154. The minimum Gasteiger partial charge on any atom is -0.311 e. The average Bonchev–Trinajstić information content (AvgIpc) is 3.20. The van der Waals surface area contributed by atoms with E-state index in [1.807, 2.05) is 30.3 Å². The second-order valence-corrected chi connectivity index (χ2v) is 12.4. The Balaban J connectivity index is 1.28. The lowest BCUT2D eigenvalue weighted by Gasteiger charge is -2.25. The molecule has 0 heterocycles. The fourth-order valence-electron chi connectivity index (χ4n) is 6.24. The number of hydrogen-bond donors (Lipinski definition) is 0. The zero-order valence-corrected chi connectivity index (χ0v) is 30.1. The van der Waals surface area contributed by atoms with Crippen LogP contribution in [0.4, 0.5) is 17.1 Å². The van der Waals surface area contributed by atoms with Gasteiger partial charge in [-0.1, -0.05) is 118 Å². The summed E-state index contributed by atoms with van der Waals surface area (Å²) in [5, 5.41) is 0. The third-order valence-corrected chi connectivity index (χ3v) is 9.12. The van der Waals surface area contributed by atoms with E-state index >= 15 is 0 Å². The van der Waals surface area contributed by atoms with E-state index in [0.717, 1.165) is 76.1 Å². The van der Waals surface area contributed by atoms with Crippen molar-refractivity contribution in [1.82, 2.24) is 0 Å². The van der Waals surface area contributed by atoms with Crippen LogP contribution in [0.25, 0.3) is 0 Å². The molecule has 6 rings (SSSR count). The van der Waals surface area contributed by atoms with Gasteiger partial charge in [-0.15, -0.1) is 0 Å². The van der Waals surface area contributed by atoms with Gasteiger partial charge >= 0.3 is 0 Å². The van der Waals surface area contributed by atoms with E-state index in [1.165, 1.54) is 22.3 Å². The normalized spacial score (nSPS) is 10.2. The maximum atomic E-state index is 3.56. The number of para-hydroxylation sites is 2. The van der Waals surface area contributed by atoms with Gasteiger partial charge in [-0.2, -0.15) is 0 Å². The molecule has 0 aliphatic rings. The zero-order valence-electron chi connectivity index (χ0n) is 30.1. The largest absolute Gasteiger partial charge is 0.311 e. The average molecular weight is 658 g/mol. The van der Waals surface area contributed by atoms with Crippen LogP contribution >= 0.6 is 0 Å². The SMILES string of the molecule is CCc1cc(C#Cc2cc(CC)c(C#Cc3ccc(N(c4ccccc4)c4ccccc4)cc3)cc2CC)c(CC)cc1C#Cc1ccccc1. The standard InChI is InChI=1S/C50H43N/c1-5-40-36-46(42(7-3)34-44(40)28-24-38-18-12-9-13-19-38)30-31-47-37-41(6-2)45(35-43(47)8-4)29-25-39-26-32-50(33-27-39)51(48-20-14-10-15-21-48)49-22-16-11-17-23-49/h9-23,26-27,32-37H,5-8H2,1-4H3. The Hall–Kier alpha value is -6.20. The molecule has 6 aromatic rings. The Morgan fingerprint density at radius 3 is 0.980 bits per heavy atom. The maximum Gasteiger partial charge on any atom is 0.0462 e. The summed E-state index contributed by atoms with van der Waals surface area (Å²) < 4.78 is 0. The molecule has 0 atom stereocenters. The van der Waals surface area contributed by atoms with Crippen molar-refractivity contribution < 1.29 is 0 Å². The molecule has 0 N–H and O–H groups in total. The molecule has 51 heavy (non-hydrogen) atoms. The minimum absolute atomic E-state index is 0.889. The van der Waals surface area contributed by atoms with E-state index in [2.05, 4.69) is 177 Å². The van der Waals surface area contributed by atoms with Crippen molar-refractivity contribution in [2.45, 2.75) is 53.4 Å². The van der Waals surface area contributed by atoms with Crippen molar-refractivity contribution >= 4 is 17.1 Å². The van der Waals surface area contributed by atoms with Crippen LogP contribution in [-0.4, -0.2) is 0 Å². The lowest BCUT2D eigenvalue weighted by atomic mass is 9.93. The fraction of sp³-hybridized carbons (Fsp3) is 0.160. The molecule has 0 saturated carbocycles. The Bertz CT molecular complexity index is 2240. The van der Waals surface area contributed by atoms with Crippen LogP contribution < -0.4 is 4.90 Å². The van der Waals surface area contributed by atoms with Crippen molar-refractivity contribution in [1.29, 1.82) is 0 Å². The first kappa shape index (κ1) is 34.7. The molecule has 6 aromatic carbocycles. The molecule has 0 aromatic heterocycles. The Morgan fingerprint density at radius 2 is 0.627 bits per heavy atom. The molecule has 0 aliphatic heterocycles. The summed E-state index contributed by atoms with van der Waals surface area (Å²) in [6, 6.07) is 48.6. The first-order chi connectivity index (χ1) is 25.1. The third-order valence-electron chi connectivity index (χ3n) is 9.12. The van der Waals surface area contributed by atoms with E-state index in [9.17, 15) is 0 Å². The van der Waals surface area contributed by atoms with Crippen LogP contribution in [0.5, 0.6) is 0 Å². The zero-order chi connectivity index (χ0) is 35.4. The number of anilines is 3. The van der Waals surface area contributed by atoms with Gasteiger partial charge in [0.25, 0.3) is 0 Å². The second-order valence-electron chi connectivity index (χ2n) is 12.4. The first-order valence-corrected chi connectivity index (χ1v) is 18.0. The molecular weight excluding hydrogens is 615 g/mol. The lowest BCUT2D eigenvalue weighted by Crippen LogP contribution is -2.09. The number of rotatable bonds is 7. The molecule has 0 fully saturated rings. The van der Waals surface area contributed by atoms with Crippen molar-refractivity contribution in [3.8, 4) is 35.5 Å². The highest BCUT2D eigenvalue weighted by atomic mass is 15.1. The fourth-order valence-corrected chi connectivity index (χ4v) is 6.24. The lowest BCUT2D eigenvalue weighted by molar-refractivity contribution is 1.08. The summed E-state index contributed by atoms with van der Waals surface area (Å²) in [5.41, 5.74) is 14.6. The first-order valence-electron chi connectivity index (χ1n) is 18.0. The highest BCUT2D eigenvalue weighted by Crippen LogP contribution is 2.34. The van der Waals surface area contributed by atoms with E-state index in [0.29, 0.717) is 0 Å². The highest BCUT2D eigenvalue weighted by Gasteiger charge is 2.12. The number of hydrogen-bond acceptors (Lipinski definition) is 1. The van der Waals surface area contributed by atoms with E-state index in [4.69, 9.17) is 0 Å². The Morgan fingerprint density at radius 1 is 0.333 bits per heavy atom. The molecule has 0 radical (unpaired) electrons. The van der Waals surface area contributed by atoms with Gasteiger partial charge in [-0.05, 0) is 133 Å². The summed E-state index contributed by atoms with van der Waals surface area (Å²) >= 11 is 0. The third kappa shape index (κ3) is 8.52. The van der Waals surface area contributed by atoms with Gasteiger partial charge in [0.05, 0.1) is 0 Å². The molecule has 1 nitrogen and oxygen atoms in total. The highest BCUT2D eigenvalue weighted by molar-refractivity contribution is 5.76. The molecule has 0 aliphatic carbocycles. The molecule has 0 spiro atoms. The summed E-state index contributed by atoms with van der Waals surface area (Å²) in [6.45, 7) is 8.77. The van der Waals surface area contributed by atoms with E-state index < -0.39 is 0 Å². The molecule has 0 bridgehead atoms. The summed E-state index contributed by atoms with van der Waals surface area (Å²) in [4.78, 5) is 2.26. The van der Waals surface area contributed by atoms with E-state index in [1.54, 1.807) is 0 Å². The van der Waals surface area contributed by atoms with Gasteiger partial charge in [0.1, 0.15) is 0 Å². The monoisotopic (exact) mass is 657 g/mol. The van der Waals surface area contributed by atoms with Crippen LogP contribution in [0.1, 0.15) is 83.3 Å². The van der Waals surface area contributed by atoms with Gasteiger partial charge < -0.3 is 4.90 Å². The molecule has 0 amide bonds. The van der Waals surface area contributed by atoms with Gasteiger partial charge in [-0.25, -0.2) is 0 Å². The van der Waals surface area contributed by atoms with Crippen LogP contribution in [-0.2, 0) is 25.7 Å². The predicted octanol–water partition coefficient (Wildman–Crippen LogP) is 11.6. The second kappa shape index (κ2) is 17.0. The van der Waals surface area contributed by atoms with Gasteiger partial charge in [-0.3, -0.25) is 0 Å². The minimum atomic E-state index is 0.889. The van der Waals surface area contributed by atoms with Crippen LogP contribution in [0.3, 0.4) is 0 Å². The van der Waals surface area contributed by atoms with Crippen LogP contribution in [0.2, 0.25) is 0 Å². The van der Waals surface area contributed by atoms with Crippen molar-refractivity contribution in [3.63, 3.8) is 0 Å². The van der Waals surface area contributed by atoms with Crippen molar-refractivity contribution in [2.75, 3.05) is 4.90 Å². The van der Waals surface area contributed by atoms with E-state index in [-0.39, 0.29) is 0 Å². The summed E-state index contributed by atoms with van der Waals surface area (Å²) in [6.07, 6.45) is 3.59. The molecule has 248 valence electrons. The van der Waals surface area contributed by atoms with Crippen molar-refractivity contribution in [2.24, 2.45) is 0 Å². The maximum absolute atomic E-state index is 3.56. The van der Waals surface area contributed by atoms with Crippen LogP contribution in [0, 0.1) is 35.5 Å². The molecule has 1 heteroatoms. The molecular formula is C50H43N. The predicted molar refractivity (Wildman–Crippen MR) is 216 cm³/mol. The smallest absolute Gasteiger partial charge is 0.0462 e. The Kier molecular flexibility index (Phi) is 11.5. The summed E-state index contributed by atoms with van der Waals surface area (Å²) in [7, 11) is 0. The van der Waals surface area contributed by atoms with Crippen molar-refractivity contribution in [3.05, 3.63) is 195 Å². The summed E-state index contributed by atoms with van der Waals surface area (Å²) in [5.74, 6) is 20.8. The van der Waals surface area contributed by atoms with Gasteiger partial charge in [0, 0.05) is 50.4 Å². The van der Waals surface area contributed by atoms with Crippen LogP contribution in [0.15, 0.2) is 140 Å². The van der Waals surface area contributed by atoms with Gasteiger partial charge in [0.2, 0.25) is 0 Å². The number of aryl methyl sites for hydroxylation is 4. The molecule has 0 unspecified atom stereocenters.